The molecule has 1 atom stereocenters. The quantitative estimate of drug-likeness (QED) is 0.856. The van der Waals surface area contributed by atoms with Crippen LogP contribution in [0.15, 0.2) is 48.7 Å². The molecule has 1 N–H and O–H groups in total. The first-order valence-corrected chi connectivity index (χ1v) is 9.53. The van der Waals surface area contributed by atoms with E-state index in [0.717, 1.165) is 38.2 Å². The minimum atomic E-state index is -0.326. The summed E-state index contributed by atoms with van der Waals surface area (Å²) in [5.74, 6) is 0.112. The highest BCUT2D eigenvalue weighted by molar-refractivity contribution is 6.30. The van der Waals surface area contributed by atoms with E-state index in [9.17, 15) is 4.79 Å². The van der Waals surface area contributed by atoms with Crippen molar-refractivity contribution in [3.8, 4) is 0 Å². The molecule has 1 saturated heterocycles. The average Bonchev–Trinajstić information content (AvgIpc) is 2.65. The number of aromatic nitrogens is 1. The molecule has 4 nitrogen and oxygen atoms in total. The van der Waals surface area contributed by atoms with Crippen LogP contribution < -0.4 is 5.32 Å². The maximum absolute atomic E-state index is 12.9. The van der Waals surface area contributed by atoms with Crippen LogP contribution in [0.2, 0.25) is 5.02 Å². The number of likely N-dealkylation sites (tertiary alicyclic amines) is 1. The van der Waals surface area contributed by atoms with E-state index in [0.29, 0.717) is 5.02 Å². The molecule has 1 amide bonds. The molecule has 1 aromatic heterocycles. The smallest absolute Gasteiger partial charge is 0.226 e. The summed E-state index contributed by atoms with van der Waals surface area (Å²) in [7, 11) is 0. The van der Waals surface area contributed by atoms with Crippen LogP contribution in [-0.4, -0.2) is 28.9 Å². The molecular weight excluding hydrogens is 346 g/mol. The third kappa shape index (κ3) is 4.63. The van der Waals surface area contributed by atoms with Gasteiger partial charge in [-0.3, -0.25) is 14.7 Å². The topological polar surface area (TPSA) is 45.2 Å². The average molecular weight is 372 g/mol. The van der Waals surface area contributed by atoms with Crippen LogP contribution in [0.5, 0.6) is 0 Å². The lowest BCUT2D eigenvalue weighted by Gasteiger charge is -2.38. The normalized spacial score (nSPS) is 18.3. The van der Waals surface area contributed by atoms with Gasteiger partial charge in [-0.2, -0.15) is 0 Å². The molecule has 1 aliphatic heterocycles. The fourth-order valence-electron chi connectivity index (χ4n) is 3.36. The van der Waals surface area contributed by atoms with Crippen molar-refractivity contribution >= 4 is 17.5 Å². The highest BCUT2D eigenvalue weighted by Gasteiger charge is 2.37. The van der Waals surface area contributed by atoms with Gasteiger partial charge in [0.1, 0.15) is 0 Å². The summed E-state index contributed by atoms with van der Waals surface area (Å²) in [6, 6.07) is 14.0. The van der Waals surface area contributed by atoms with E-state index in [1.165, 1.54) is 5.56 Å². The largest absolute Gasteiger partial charge is 0.348 e. The van der Waals surface area contributed by atoms with Gasteiger partial charge in [0.2, 0.25) is 5.91 Å². The Bertz CT molecular complexity index is 725. The second kappa shape index (κ2) is 8.19. The predicted molar refractivity (Wildman–Crippen MR) is 105 cm³/mol. The van der Waals surface area contributed by atoms with Gasteiger partial charge in [0.05, 0.1) is 16.8 Å². The minimum Gasteiger partial charge on any atom is -0.348 e. The summed E-state index contributed by atoms with van der Waals surface area (Å²) >= 11 is 5.88. The number of nitrogens with zero attached hydrogens (tertiary/aromatic N) is 2. The molecule has 0 bridgehead atoms. The van der Waals surface area contributed by atoms with Crippen LogP contribution in [0.1, 0.15) is 44.0 Å². The van der Waals surface area contributed by atoms with Crippen LogP contribution in [0.3, 0.4) is 0 Å². The summed E-state index contributed by atoms with van der Waals surface area (Å²) < 4.78 is 0. The van der Waals surface area contributed by atoms with Crippen LogP contribution >= 0.6 is 11.6 Å². The lowest BCUT2D eigenvalue weighted by molar-refractivity contribution is -0.133. The number of rotatable bonds is 5. The number of hydrogen-bond acceptors (Lipinski definition) is 3. The number of carbonyl (C=O) groups excluding carboxylic acids is 1. The number of amides is 1. The Hall–Kier alpha value is -1.91. The highest BCUT2D eigenvalue weighted by Crippen LogP contribution is 2.32. The number of benzene rings is 1. The van der Waals surface area contributed by atoms with E-state index >= 15 is 0 Å². The molecular formula is C21H26ClN3O. The van der Waals surface area contributed by atoms with Gasteiger partial charge in [0.15, 0.2) is 0 Å². The molecule has 26 heavy (non-hydrogen) atoms. The number of pyridine rings is 1. The Morgan fingerprint density at radius 1 is 1.23 bits per heavy atom. The van der Waals surface area contributed by atoms with Crippen molar-refractivity contribution in [3.63, 3.8) is 0 Å². The monoisotopic (exact) mass is 371 g/mol. The van der Waals surface area contributed by atoms with E-state index in [1.807, 2.05) is 19.1 Å². The third-order valence-electron chi connectivity index (χ3n) is 5.30. The maximum atomic E-state index is 12.9. The van der Waals surface area contributed by atoms with Gasteiger partial charge < -0.3 is 5.32 Å². The van der Waals surface area contributed by atoms with Crippen LogP contribution in [0.4, 0.5) is 0 Å². The molecule has 0 radical (unpaired) electrons. The Morgan fingerprint density at radius 3 is 2.54 bits per heavy atom. The zero-order valence-electron chi connectivity index (χ0n) is 15.4. The van der Waals surface area contributed by atoms with Crippen molar-refractivity contribution < 1.29 is 4.79 Å². The van der Waals surface area contributed by atoms with Crippen LogP contribution in [0, 0.1) is 5.41 Å². The highest BCUT2D eigenvalue weighted by atomic mass is 35.5. The van der Waals surface area contributed by atoms with Gasteiger partial charge >= 0.3 is 0 Å². The van der Waals surface area contributed by atoms with Gasteiger partial charge in [-0.05, 0) is 50.6 Å². The van der Waals surface area contributed by atoms with E-state index in [1.54, 1.807) is 12.3 Å². The molecule has 0 spiro atoms. The van der Waals surface area contributed by atoms with E-state index < -0.39 is 0 Å². The molecule has 138 valence electrons. The van der Waals surface area contributed by atoms with Gasteiger partial charge in [-0.1, -0.05) is 48.9 Å². The molecule has 0 unspecified atom stereocenters. The van der Waals surface area contributed by atoms with Crippen LogP contribution in [-0.2, 0) is 11.3 Å². The fraction of sp³-hybridized carbons (Fsp3) is 0.429. The summed E-state index contributed by atoms with van der Waals surface area (Å²) in [6.45, 7) is 6.86. The van der Waals surface area contributed by atoms with E-state index in [4.69, 9.17) is 11.6 Å². The molecule has 2 heterocycles. The Balaban J connectivity index is 1.54. The van der Waals surface area contributed by atoms with Gasteiger partial charge in [0, 0.05) is 18.2 Å². The lowest BCUT2D eigenvalue weighted by atomic mass is 9.79. The molecule has 3 rings (SSSR count). The summed E-state index contributed by atoms with van der Waals surface area (Å²) in [4.78, 5) is 19.6. The zero-order chi connectivity index (χ0) is 18.6. The second-order valence-electron chi connectivity index (χ2n) is 7.42. The number of carbonyl (C=O) groups is 1. The van der Waals surface area contributed by atoms with Crippen molar-refractivity contribution in [2.75, 3.05) is 13.1 Å². The molecule has 0 saturated carbocycles. The fourth-order valence-corrected chi connectivity index (χ4v) is 3.47. The number of piperidine rings is 1. The number of hydrogen-bond donors (Lipinski definition) is 1. The van der Waals surface area contributed by atoms with Crippen molar-refractivity contribution in [1.82, 2.24) is 15.2 Å². The van der Waals surface area contributed by atoms with Crippen molar-refractivity contribution in [1.29, 1.82) is 0 Å². The van der Waals surface area contributed by atoms with Crippen molar-refractivity contribution in [2.45, 2.75) is 39.3 Å². The van der Waals surface area contributed by atoms with Gasteiger partial charge in [-0.15, -0.1) is 0 Å². The third-order valence-corrected chi connectivity index (χ3v) is 5.52. The molecule has 5 heteroatoms. The lowest BCUT2D eigenvalue weighted by Crippen LogP contribution is -2.47. The van der Waals surface area contributed by atoms with Gasteiger partial charge in [0.25, 0.3) is 0 Å². The molecule has 2 aromatic rings. The first-order chi connectivity index (χ1) is 12.5. The second-order valence-corrected chi connectivity index (χ2v) is 7.86. The molecule has 1 fully saturated rings. The minimum absolute atomic E-state index is 0.112. The van der Waals surface area contributed by atoms with E-state index in [-0.39, 0.29) is 17.4 Å². The van der Waals surface area contributed by atoms with Gasteiger partial charge in [-0.25, -0.2) is 0 Å². The number of nitrogens with one attached hydrogen (secondary N) is 1. The predicted octanol–water partition coefficient (Wildman–Crippen LogP) is 4.21. The summed E-state index contributed by atoms with van der Waals surface area (Å²) in [6.07, 6.45) is 3.35. The SMILES string of the molecule is C[C@H](NC(=O)C1(C)CCN(Cc2ccccc2)CC1)c1ccc(Cl)cn1. The standard InChI is InChI=1S/C21H26ClN3O/c1-16(19-9-8-18(22)14-23-19)24-20(26)21(2)10-12-25(13-11-21)15-17-6-4-3-5-7-17/h3-9,14,16H,10-13,15H2,1-2H3,(H,24,26)/t16-/m0/s1. The maximum Gasteiger partial charge on any atom is 0.226 e. The Labute approximate surface area is 160 Å². The Kier molecular flexibility index (Phi) is 5.94. The Morgan fingerprint density at radius 2 is 1.92 bits per heavy atom. The summed E-state index contributed by atoms with van der Waals surface area (Å²) in [5, 5.41) is 3.73. The molecule has 1 aromatic carbocycles. The van der Waals surface area contributed by atoms with E-state index in [2.05, 4.69) is 46.4 Å². The van der Waals surface area contributed by atoms with Crippen molar-refractivity contribution in [3.05, 3.63) is 64.9 Å². The molecule has 0 aliphatic carbocycles. The first-order valence-electron chi connectivity index (χ1n) is 9.15. The van der Waals surface area contributed by atoms with Crippen molar-refractivity contribution in [2.24, 2.45) is 5.41 Å². The number of halogens is 1. The summed E-state index contributed by atoms with van der Waals surface area (Å²) in [5.41, 5.74) is 1.82. The zero-order valence-corrected chi connectivity index (χ0v) is 16.2. The molecule has 1 aliphatic rings. The van der Waals surface area contributed by atoms with Crippen LogP contribution in [0.25, 0.3) is 0 Å². The first kappa shape index (κ1) is 18.9.